The molecule has 0 aromatic heterocycles. The van der Waals surface area contributed by atoms with E-state index in [4.69, 9.17) is 0 Å². The average Bonchev–Trinajstić information content (AvgIpc) is 2.27. The summed E-state index contributed by atoms with van der Waals surface area (Å²) in [6.45, 7) is 2.21. The number of hydrogen-bond donors (Lipinski definition) is 1. The molecule has 3 unspecified atom stereocenters. The molecule has 1 saturated carbocycles. The molecule has 0 heterocycles. The third kappa shape index (κ3) is 1.76. The van der Waals surface area contributed by atoms with E-state index in [1.165, 1.54) is 11.1 Å². The van der Waals surface area contributed by atoms with Crippen LogP contribution in [0.1, 0.15) is 43.2 Å². The highest BCUT2D eigenvalue weighted by molar-refractivity contribution is 5.80. The monoisotopic (exact) mass is 230 g/mol. The Morgan fingerprint density at radius 1 is 1.29 bits per heavy atom. The molecular weight excluding hydrogens is 212 g/mol. The van der Waals surface area contributed by atoms with Gasteiger partial charge in [0.05, 0.1) is 0 Å². The van der Waals surface area contributed by atoms with Crippen LogP contribution in [0.15, 0.2) is 18.2 Å². The van der Waals surface area contributed by atoms with Gasteiger partial charge in [-0.1, -0.05) is 13.0 Å². The summed E-state index contributed by atoms with van der Waals surface area (Å²) >= 11 is 0. The summed E-state index contributed by atoms with van der Waals surface area (Å²) in [4.78, 5) is 11.8. The molecule has 3 atom stereocenters. The van der Waals surface area contributed by atoms with Gasteiger partial charge in [-0.05, 0) is 53.9 Å². The van der Waals surface area contributed by atoms with Crippen molar-refractivity contribution >= 4 is 5.78 Å². The molecule has 0 bridgehead atoms. The zero-order chi connectivity index (χ0) is 12.0. The van der Waals surface area contributed by atoms with Gasteiger partial charge in [-0.15, -0.1) is 0 Å². The predicted molar refractivity (Wildman–Crippen MR) is 66.1 cm³/mol. The summed E-state index contributed by atoms with van der Waals surface area (Å²) in [5.74, 6) is 2.32. The van der Waals surface area contributed by atoms with Crippen LogP contribution < -0.4 is 0 Å². The van der Waals surface area contributed by atoms with Crippen LogP contribution in [0.2, 0.25) is 0 Å². The van der Waals surface area contributed by atoms with E-state index in [2.05, 4.69) is 6.92 Å². The summed E-state index contributed by atoms with van der Waals surface area (Å²) in [6.07, 6.45) is 3.67. The van der Waals surface area contributed by atoms with E-state index < -0.39 is 0 Å². The zero-order valence-corrected chi connectivity index (χ0v) is 10.1. The number of carbonyl (C=O) groups is 1. The molecule has 2 aliphatic rings. The van der Waals surface area contributed by atoms with Crippen molar-refractivity contribution in [2.45, 2.75) is 38.5 Å². The number of phenols is 1. The van der Waals surface area contributed by atoms with Gasteiger partial charge in [-0.3, -0.25) is 4.79 Å². The Balaban J connectivity index is 2.01. The van der Waals surface area contributed by atoms with Crippen LogP contribution in [0.4, 0.5) is 0 Å². The van der Waals surface area contributed by atoms with E-state index in [1.807, 2.05) is 12.1 Å². The highest BCUT2D eigenvalue weighted by Crippen LogP contribution is 2.47. The van der Waals surface area contributed by atoms with Crippen molar-refractivity contribution in [2.75, 3.05) is 0 Å². The molecule has 3 rings (SSSR count). The molecule has 2 nitrogen and oxygen atoms in total. The number of carbonyl (C=O) groups excluding carboxylic acids is 1. The van der Waals surface area contributed by atoms with Gasteiger partial charge >= 0.3 is 0 Å². The van der Waals surface area contributed by atoms with E-state index in [0.717, 1.165) is 19.3 Å². The van der Waals surface area contributed by atoms with Gasteiger partial charge in [0.2, 0.25) is 0 Å². The number of hydrogen-bond acceptors (Lipinski definition) is 2. The van der Waals surface area contributed by atoms with Crippen molar-refractivity contribution in [3.8, 4) is 5.75 Å². The number of ketones is 1. The second kappa shape index (κ2) is 3.86. The van der Waals surface area contributed by atoms with Crippen LogP contribution in [-0.4, -0.2) is 10.9 Å². The molecule has 1 aromatic carbocycles. The fraction of sp³-hybridized carbons (Fsp3) is 0.533. The zero-order valence-electron chi connectivity index (χ0n) is 10.1. The second-order valence-corrected chi connectivity index (χ2v) is 5.62. The van der Waals surface area contributed by atoms with E-state index in [9.17, 15) is 9.90 Å². The number of aromatic hydroxyl groups is 1. The topological polar surface area (TPSA) is 37.3 Å². The van der Waals surface area contributed by atoms with Gasteiger partial charge in [0.25, 0.3) is 0 Å². The molecular formula is C15H18O2. The number of rotatable bonds is 0. The second-order valence-electron chi connectivity index (χ2n) is 5.62. The summed E-state index contributed by atoms with van der Waals surface area (Å²) in [7, 11) is 0. The average molecular weight is 230 g/mol. The molecule has 1 N–H and O–H groups in total. The minimum absolute atomic E-state index is 0.345. The van der Waals surface area contributed by atoms with Gasteiger partial charge in [0.1, 0.15) is 11.5 Å². The Bertz CT molecular complexity index is 464. The van der Waals surface area contributed by atoms with Crippen LogP contribution in [-0.2, 0) is 11.2 Å². The van der Waals surface area contributed by atoms with E-state index >= 15 is 0 Å². The highest BCUT2D eigenvalue weighted by Gasteiger charge is 2.38. The molecule has 0 aliphatic heterocycles. The van der Waals surface area contributed by atoms with Gasteiger partial charge in [-0.25, -0.2) is 0 Å². The minimum Gasteiger partial charge on any atom is -0.508 e. The number of Topliss-reactive ketones (excluding diaryl/α,β-unsaturated/α-hetero) is 1. The Kier molecular flexibility index (Phi) is 2.46. The van der Waals surface area contributed by atoms with E-state index in [-0.39, 0.29) is 0 Å². The third-order valence-corrected chi connectivity index (χ3v) is 4.52. The molecule has 2 heteroatoms. The molecule has 2 aliphatic carbocycles. The number of benzene rings is 1. The lowest BCUT2D eigenvalue weighted by Crippen LogP contribution is -2.33. The quantitative estimate of drug-likeness (QED) is 0.743. The molecule has 17 heavy (non-hydrogen) atoms. The van der Waals surface area contributed by atoms with Gasteiger partial charge < -0.3 is 5.11 Å². The predicted octanol–water partition coefficient (Wildman–Crippen LogP) is 3.04. The SMILES string of the molecule is CC1CC(=O)CC2c3ccc(O)cc3CCC12. The number of phenolic OH excluding ortho intramolecular Hbond substituents is 1. The van der Waals surface area contributed by atoms with Crippen molar-refractivity contribution in [1.29, 1.82) is 0 Å². The summed E-state index contributed by atoms with van der Waals surface area (Å²) in [5, 5.41) is 9.52. The normalized spacial score (nSPS) is 31.8. The first-order valence-electron chi connectivity index (χ1n) is 6.48. The maximum absolute atomic E-state index is 11.8. The van der Waals surface area contributed by atoms with Crippen LogP contribution in [0.3, 0.4) is 0 Å². The largest absolute Gasteiger partial charge is 0.508 e. The third-order valence-electron chi connectivity index (χ3n) is 4.52. The van der Waals surface area contributed by atoms with Crippen LogP contribution in [0, 0.1) is 11.8 Å². The van der Waals surface area contributed by atoms with Gasteiger partial charge in [0, 0.05) is 12.8 Å². The highest BCUT2D eigenvalue weighted by atomic mass is 16.3. The van der Waals surface area contributed by atoms with Gasteiger partial charge in [0.15, 0.2) is 0 Å². The van der Waals surface area contributed by atoms with Crippen molar-refractivity contribution < 1.29 is 9.90 Å². The summed E-state index contributed by atoms with van der Waals surface area (Å²) in [6, 6.07) is 5.65. The number of aryl methyl sites for hydroxylation is 1. The van der Waals surface area contributed by atoms with Crippen molar-refractivity contribution in [3.63, 3.8) is 0 Å². The first-order valence-corrected chi connectivity index (χ1v) is 6.48. The fourth-order valence-electron chi connectivity index (χ4n) is 3.71. The Morgan fingerprint density at radius 3 is 2.94 bits per heavy atom. The molecule has 1 aromatic rings. The summed E-state index contributed by atoms with van der Waals surface area (Å²) < 4.78 is 0. The number of fused-ring (bicyclic) bond motifs is 3. The molecule has 0 spiro atoms. The minimum atomic E-state index is 0.345. The van der Waals surface area contributed by atoms with Crippen LogP contribution in [0.5, 0.6) is 5.75 Å². The van der Waals surface area contributed by atoms with E-state index in [0.29, 0.717) is 35.7 Å². The lowest BCUT2D eigenvalue weighted by Gasteiger charge is -2.40. The first-order chi connectivity index (χ1) is 8.15. The molecule has 0 radical (unpaired) electrons. The fourth-order valence-corrected chi connectivity index (χ4v) is 3.71. The lowest BCUT2D eigenvalue weighted by atomic mass is 9.64. The van der Waals surface area contributed by atoms with Crippen molar-refractivity contribution in [1.82, 2.24) is 0 Å². The first kappa shape index (κ1) is 10.8. The Labute approximate surface area is 102 Å². The molecule has 90 valence electrons. The standard InChI is InChI=1S/C15H18O2/c1-9-6-12(17)8-15-13(9)4-2-10-7-11(16)3-5-14(10)15/h3,5,7,9,13,15-16H,2,4,6,8H2,1H3. The molecule has 0 saturated heterocycles. The molecule has 1 fully saturated rings. The van der Waals surface area contributed by atoms with Crippen molar-refractivity contribution in [2.24, 2.45) is 11.8 Å². The van der Waals surface area contributed by atoms with Crippen LogP contribution >= 0.6 is 0 Å². The van der Waals surface area contributed by atoms with Gasteiger partial charge in [-0.2, -0.15) is 0 Å². The smallest absolute Gasteiger partial charge is 0.133 e. The maximum Gasteiger partial charge on any atom is 0.133 e. The molecule has 0 amide bonds. The van der Waals surface area contributed by atoms with Crippen molar-refractivity contribution in [3.05, 3.63) is 29.3 Å². The van der Waals surface area contributed by atoms with E-state index in [1.54, 1.807) is 6.07 Å². The van der Waals surface area contributed by atoms with Crippen LogP contribution in [0.25, 0.3) is 0 Å². The lowest BCUT2D eigenvalue weighted by molar-refractivity contribution is -0.123. The Morgan fingerprint density at radius 2 is 2.12 bits per heavy atom. The maximum atomic E-state index is 11.8. The Hall–Kier alpha value is -1.31. The summed E-state index contributed by atoms with van der Waals surface area (Å²) in [5.41, 5.74) is 2.55.